The zero-order valence-electron chi connectivity index (χ0n) is 8.12. The Bertz CT molecular complexity index is 292. The van der Waals surface area contributed by atoms with Gasteiger partial charge in [-0.15, -0.1) is 27.7 Å². The second-order valence-electron chi connectivity index (χ2n) is 3.43. The maximum absolute atomic E-state index is 2.86. The summed E-state index contributed by atoms with van der Waals surface area (Å²) < 4.78 is 0. The third-order valence-corrected chi connectivity index (χ3v) is 3.32. The van der Waals surface area contributed by atoms with Gasteiger partial charge in [0.1, 0.15) is 0 Å². The summed E-state index contributed by atoms with van der Waals surface area (Å²) in [5.74, 6) is 0. The summed E-state index contributed by atoms with van der Waals surface area (Å²) in [7, 11) is 8.53. The molecule has 1 aromatic rings. The van der Waals surface area contributed by atoms with Crippen molar-refractivity contribution in [2.75, 3.05) is 0 Å². The van der Waals surface area contributed by atoms with Crippen LogP contribution < -0.4 is 5.30 Å². The quantitative estimate of drug-likeness (QED) is 0.685. The van der Waals surface area contributed by atoms with Gasteiger partial charge in [0.05, 0.1) is 0 Å². The van der Waals surface area contributed by atoms with E-state index in [1.54, 1.807) is 0 Å². The van der Waals surface area contributed by atoms with E-state index in [2.05, 4.69) is 59.8 Å². The van der Waals surface area contributed by atoms with Crippen molar-refractivity contribution in [2.24, 2.45) is 0 Å². The van der Waals surface area contributed by atoms with Gasteiger partial charge < -0.3 is 0 Å². The van der Waals surface area contributed by atoms with Crippen LogP contribution in [-0.4, -0.2) is 0 Å². The Morgan fingerprint density at radius 1 is 1.08 bits per heavy atom. The van der Waals surface area contributed by atoms with Crippen LogP contribution in [0.5, 0.6) is 0 Å². The molecule has 0 aliphatic rings. The molecule has 0 bridgehead atoms. The van der Waals surface area contributed by atoms with Crippen molar-refractivity contribution in [1.29, 1.82) is 0 Å². The number of rotatable bonds is 2. The highest BCUT2D eigenvalue weighted by Gasteiger charge is 2.11. The maximum Gasteiger partial charge on any atom is -0.00337 e. The maximum atomic E-state index is 2.86. The summed E-state index contributed by atoms with van der Waals surface area (Å²) in [4.78, 5) is 0. The first-order valence-electron chi connectivity index (χ1n) is 4.43. The van der Waals surface area contributed by atoms with Crippen LogP contribution in [0.4, 0.5) is 0 Å². The smallest absolute Gasteiger partial charge is 0.00337 e. The van der Waals surface area contributed by atoms with Gasteiger partial charge in [0.15, 0.2) is 0 Å². The van der Waals surface area contributed by atoms with Crippen molar-refractivity contribution in [3.05, 3.63) is 29.3 Å². The lowest BCUT2D eigenvalue weighted by Gasteiger charge is -2.17. The second kappa shape index (κ2) is 4.84. The molecule has 1 rings (SSSR count). The predicted octanol–water partition coefficient (Wildman–Crippen LogP) is 3.06. The van der Waals surface area contributed by atoms with Crippen molar-refractivity contribution in [1.82, 2.24) is 0 Å². The average Bonchev–Trinajstić information content (AvgIpc) is 2.02. The summed E-state index contributed by atoms with van der Waals surface area (Å²) in [6.45, 7) is 4.42. The van der Waals surface area contributed by atoms with Crippen molar-refractivity contribution in [2.45, 2.75) is 25.2 Å². The zero-order valence-corrected chi connectivity index (χ0v) is 11.6. The van der Waals surface area contributed by atoms with Gasteiger partial charge in [-0.1, -0.05) is 32.0 Å². The first-order chi connectivity index (χ1) is 6.04. The molecule has 0 aromatic heterocycles. The molecule has 0 N–H and O–H groups in total. The lowest BCUT2D eigenvalue weighted by Crippen LogP contribution is -2.06. The molecule has 0 aliphatic heterocycles. The van der Waals surface area contributed by atoms with Crippen molar-refractivity contribution in [3.8, 4) is 0 Å². The van der Waals surface area contributed by atoms with Crippen LogP contribution in [0.15, 0.2) is 18.2 Å². The molecule has 0 fully saturated rings. The van der Waals surface area contributed by atoms with Crippen LogP contribution in [0.3, 0.4) is 0 Å². The normalized spacial score (nSPS) is 15.5. The Hall–Kier alpha value is 0.510. The second-order valence-corrected chi connectivity index (χ2v) is 6.05. The van der Waals surface area contributed by atoms with Gasteiger partial charge in [-0.25, -0.2) is 0 Å². The van der Waals surface area contributed by atoms with Crippen LogP contribution in [0.2, 0.25) is 0 Å². The van der Waals surface area contributed by atoms with Gasteiger partial charge in [0.2, 0.25) is 0 Å². The zero-order chi connectivity index (χ0) is 10.0. The molecule has 0 amide bonds. The average molecular weight is 230 g/mol. The van der Waals surface area contributed by atoms with Crippen LogP contribution >= 0.6 is 27.7 Å². The molecule has 0 saturated carbocycles. The summed E-state index contributed by atoms with van der Waals surface area (Å²) in [6, 6.07) is 6.48. The SMILES string of the molecule is CC(P)c1cccc(P)c1C(C)P. The van der Waals surface area contributed by atoms with Gasteiger partial charge in [-0.05, 0) is 27.7 Å². The third-order valence-electron chi connectivity index (χ3n) is 2.12. The van der Waals surface area contributed by atoms with Crippen molar-refractivity contribution in [3.63, 3.8) is 0 Å². The minimum Gasteiger partial charge on any atom is -0.130 e. The summed E-state index contributed by atoms with van der Waals surface area (Å²) in [6.07, 6.45) is 0. The lowest BCUT2D eigenvalue weighted by atomic mass is 10.0. The molecular formula is C10H17P3. The number of hydrogen-bond acceptors (Lipinski definition) is 0. The van der Waals surface area contributed by atoms with Crippen molar-refractivity contribution < 1.29 is 0 Å². The molecule has 0 nitrogen and oxygen atoms in total. The molecule has 0 saturated heterocycles. The van der Waals surface area contributed by atoms with Crippen LogP contribution in [0, 0.1) is 0 Å². The number of benzene rings is 1. The highest BCUT2D eigenvalue weighted by atomic mass is 31.0. The fourth-order valence-corrected chi connectivity index (χ4v) is 2.93. The Morgan fingerprint density at radius 2 is 1.69 bits per heavy atom. The minimum absolute atomic E-state index is 0.520. The van der Waals surface area contributed by atoms with E-state index in [1.807, 2.05) is 0 Å². The molecule has 5 unspecified atom stereocenters. The molecule has 5 atom stereocenters. The summed E-state index contributed by atoms with van der Waals surface area (Å²) in [5.41, 5.74) is 3.92. The third kappa shape index (κ3) is 2.73. The lowest BCUT2D eigenvalue weighted by molar-refractivity contribution is 1.01. The van der Waals surface area contributed by atoms with Crippen LogP contribution in [0.1, 0.15) is 36.3 Å². The first kappa shape index (κ1) is 11.6. The predicted molar refractivity (Wildman–Crippen MR) is 72.0 cm³/mol. The van der Waals surface area contributed by atoms with E-state index in [0.29, 0.717) is 11.3 Å². The van der Waals surface area contributed by atoms with Gasteiger partial charge >= 0.3 is 0 Å². The van der Waals surface area contributed by atoms with Crippen LogP contribution in [-0.2, 0) is 0 Å². The highest BCUT2D eigenvalue weighted by Crippen LogP contribution is 2.32. The van der Waals surface area contributed by atoms with Crippen LogP contribution in [0.25, 0.3) is 0 Å². The van der Waals surface area contributed by atoms with Crippen molar-refractivity contribution >= 4 is 33.0 Å². The van der Waals surface area contributed by atoms with E-state index in [1.165, 1.54) is 16.4 Å². The monoisotopic (exact) mass is 230 g/mol. The Balaban J connectivity index is 3.26. The molecule has 0 aliphatic carbocycles. The fraction of sp³-hybridized carbons (Fsp3) is 0.400. The molecule has 13 heavy (non-hydrogen) atoms. The summed E-state index contributed by atoms with van der Waals surface area (Å²) >= 11 is 0. The molecule has 0 radical (unpaired) electrons. The molecule has 0 heterocycles. The largest absolute Gasteiger partial charge is 0.130 e. The van der Waals surface area contributed by atoms with E-state index in [4.69, 9.17) is 0 Å². The topological polar surface area (TPSA) is 0 Å². The molecular weight excluding hydrogens is 213 g/mol. The Kier molecular flexibility index (Phi) is 4.31. The van der Waals surface area contributed by atoms with E-state index in [9.17, 15) is 0 Å². The first-order valence-corrected chi connectivity index (χ1v) is 6.34. The van der Waals surface area contributed by atoms with Gasteiger partial charge in [0.25, 0.3) is 0 Å². The van der Waals surface area contributed by atoms with E-state index in [-0.39, 0.29) is 0 Å². The Morgan fingerprint density at radius 3 is 2.08 bits per heavy atom. The standard InChI is InChI=1S/C10H17P3/c1-6(11)8-4-3-5-9(13)10(8)7(2)12/h3-7H,11-13H2,1-2H3. The molecule has 72 valence electrons. The van der Waals surface area contributed by atoms with E-state index in [0.717, 1.165) is 0 Å². The Labute approximate surface area is 87.9 Å². The molecule has 0 spiro atoms. The fourth-order valence-electron chi connectivity index (χ4n) is 1.52. The minimum atomic E-state index is 0.520. The van der Waals surface area contributed by atoms with Gasteiger partial charge in [-0.3, -0.25) is 0 Å². The molecule has 3 heteroatoms. The van der Waals surface area contributed by atoms with Gasteiger partial charge in [-0.2, -0.15) is 0 Å². The van der Waals surface area contributed by atoms with E-state index < -0.39 is 0 Å². The van der Waals surface area contributed by atoms with Gasteiger partial charge in [0, 0.05) is 0 Å². The van der Waals surface area contributed by atoms with E-state index >= 15 is 0 Å². The number of hydrogen-bond donors (Lipinski definition) is 0. The molecule has 1 aromatic carbocycles. The summed E-state index contributed by atoms with van der Waals surface area (Å²) in [5, 5.41) is 1.31. The highest BCUT2D eigenvalue weighted by molar-refractivity contribution is 7.28.